The van der Waals surface area contributed by atoms with Crippen LogP contribution in [-0.4, -0.2) is 20.9 Å². The largest absolute Gasteiger partial charge is 0.332 e. The van der Waals surface area contributed by atoms with E-state index in [1.165, 1.54) is 27.4 Å². The maximum atomic E-state index is 13.0. The highest BCUT2D eigenvalue weighted by Gasteiger charge is 2.16. The van der Waals surface area contributed by atoms with Crippen molar-refractivity contribution in [3.8, 4) is 0 Å². The van der Waals surface area contributed by atoms with Gasteiger partial charge in [-0.2, -0.15) is 0 Å². The van der Waals surface area contributed by atoms with E-state index in [0.717, 1.165) is 0 Å². The van der Waals surface area contributed by atoms with Crippen molar-refractivity contribution in [1.82, 2.24) is 9.13 Å². The Morgan fingerprint density at radius 3 is 2.23 bits per heavy atom. The standard InChI is InChI=1S/C21H24N4O4S/c1-13(2)8-10-24-20(28)19-17(9-11-30-19)25(21(24)29)12-18(27)23-16-6-4-15(5-7-16)22-14(3)26/h4-7,9,11,13H,8,10,12H2,1-3H3,(H,22,26)(H,23,27). The number of benzene rings is 1. The van der Waals surface area contributed by atoms with Crippen molar-refractivity contribution in [3.05, 3.63) is 56.5 Å². The molecule has 2 heterocycles. The van der Waals surface area contributed by atoms with Gasteiger partial charge in [-0.1, -0.05) is 13.8 Å². The van der Waals surface area contributed by atoms with Gasteiger partial charge in [0.05, 0.1) is 5.52 Å². The highest BCUT2D eigenvalue weighted by molar-refractivity contribution is 7.17. The highest BCUT2D eigenvalue weighted by Crippen LogP contribution is 2.17. The van der Waals surface area contributed by atoms with Crippen molar-refractivity contribution in [2.24, 2.45) is 5.92 Å². The van der Waals surface area contributed by atoms with Gasteiger partial charge >= 0.3 is 5.69 Å². The Labute approximate surface area is 177 Å². The summed E-state index contributed by atoms with van der Waals surface area (Å²) >= 11 is 1.26. The van der Waals surface area contributed by atoms with Crippen LogP contribution in [0, 0.1) is 5.92 Å². The number of nitrogens with one attached hydrogen (secondary N) is 2. The molecule has 0 saturated carbocycles. The summed E-state index contributed by atoms with van der Waals surface area (Å²) in [5, 5.41) is 7.14. The lowest BCUT2D eigenvalue weighted by Gasteiger charge is -2.13. The number of hydrogen-bond donors (Lipinski definition) is 2. The van der Waals surface area contributed by atoms with E-state index in [9.17, 15) is 19.2 Å². The van der Waals surface area contributed by atoms with Gasteiger partial charge in [-0.3, -0.25) is 23.5 Å². The quantitative estimate of drug-likeness (QED) is 0.604. The van der Waals surface area contributed by atoms with Crippen LogP contribution in [0.1, 0.15) is 27.2 Å². The molecule has 0 unspecified atom stereocenters. The molecule has 2 N–H and O–H groups in total. The second kappa shape index (κ2) is 9.08. The lowest BCUT2D eigenvalue weighted by atomic mass is 10.1. The molecule has 8 nitrogen and oxygen atoms in total. The molecule has 2 aromatic heterocycles. The minimum Gasteiger partial charge on any atom is -0.326 e. The van der Waals surface area contributed by atoms with Gasteiger partial charge in [-0.05, 0) is 48.1 Å². The van der Waals surface area contributed by atoms with Crippen molar-refractivity contribution in [2.75, 3.05) is 10.6 Å². The summed E-state index contributed by atoms with van der Waals surface area (Å²) in [6.07, 6.45) is 0.693. The highest BCUT2D eigenvalue weighted by atomic mass is 32.1. The number of anilines is 2. The summed E-state index contributed by atoms with van der Waals surface area (Å²) in [5.74, 6) is -0.225. The van der Waals surface area contributed by atoms with Gasteiger partial charge in [0.25, 0.3) is 5.56 Å². The predicted molar refractivity (Wildman–Crippen MR) is 119 cm³/mol. The van der Waals surface area contributed by atoms with Crippen molar-refractivity contribution in [1.29, 1.82) is 0 Å². The Morgan fingerprint density at radius 1 is 1.00 bits per heavy atom. The SMILES string of the molecule is CC(=O)Nc1ccc(NC(=O)Cn2c(=O)n(CCC(C)C)c(=O)c3sccc32)cc1. The summed E-state index contributed by atoms with van der Waals surface area (Å²) in [6, 6.07) is 8.36. The Morgan fingerprint density at radius 2 is 1.63 bits per heavy atom. The van der Waals surface area contributed by atoms with Crippen molar-refractivity contribution in [3.63, 3.8) is 0 Å². The lowest BCUT2D eigenvalue weighted by molar-refractivity contribution is -0.117. The normalized spacial score (nSPS) is 11.1. The Bertz CT molecular complexity index is 1190. The van der Waals surface area contributed by atoms with E-state index >= 15 is 0 Å². The second-order valence-electron chi connectivity index (χ2n) is 7.45. The van der Waals surface area contributed by atoms with E-state index in [1.807, 2.05) is 13.8 Å². The van der Waals surface area contributed by atoms with Crippen molar-refractivity contribution < 1.29 is 9.59 Å². The minimum atomic E-state index is -0.484. The van der Waals surface area contributed by atoms with Gasteiger partial charge in [0.15, 0.2) is 0 Å². The third-order valence-corrected chi connectivity index (χ3v) is 5.45. The molecule has 0 spiro atoms. The van der Waals surface area contributed by atoms with Crippen LogP contribution >= 0.6 is 11.3 Å². The molecule has 1 aromatic carbocycles. The lowest BCUT2D eigenvalue weighted by Crippen LogP contribution is -2.41. The van der Waals surface area contributed by atoms with Gasteiger partial charge < -0.3 is 10.6 Å². The van der Waals surface area contributed by atoms with Crippen molar-refractivity contribution >= 4 is 44.7 Å². The maximum absolute atomic E-state index is 13.0. The summed E-state index contributed by atoms with van der Waals surface area (Å²) in [5.41, 5.74) is 0.830. The monoisotopic (exact) mass is 428 g/mol. The molecule has 2 amide bonds. The number of fused-ring (bicyclic) bond motifs is 1. The first-order valence-corrected chi connectivity index (χ1v) is 10.5. The van der Waals surface area contributed by atoms with E-state index < -0.39 is 5.69 Å². The average Bonchev–Trinajstić information content (AvgIpc) is 3.16. The molecule has 0 bridgehead atoms. The zero-order valence-corrected chi connectivity index (χ0v) is 17.9. The number of aromatic nitrogens is 2. The molecule has 3 aromatic rings. The topological polar surface area (TPSA) is 102 Å². The van der Waals surface area contributed by atoms with E-state index in [2.05, 4.69) is 10.6 Å². The second-order valence-corrected chi connectivity index (χ2v) is 8.37. The third kappa shape index (κ3) is 4.85. The van der Waals surface area contributed by atoms with Gasteiger partial charge in [0.2, 0.25) is 11.8 Å². The van der Waals surface area contributed by atoms with Gasteiger partial charge in [-0.15, -0.1) is 11.3 Å². The Hall–Kier alpha value is -3.20. The molecular weight excluding hydrogens is 404 g/mol. The van der Waals surface area contributed by atoms with Gasteiger partial charge in [-0.25, -0.2) is 4.79 Å². The molecule has 0 saturated heterocycles. The van der Waals surface area contributed by atoms with Crippen LogP contribution < -0.4 is 21.9 Å². The first kappa shape index (κ1) is 21.5. The van der Waals surface area contributed by atoms with Crippen LogP contribution in [0.2, 0.25) is 0 Å². The molecule has 0 atom stereocenters. The number of thiophene rings is 1. The fraction of sp³-hybridized carbons (Fsp3) is 0.333. The first-order chi connectivity index (χ1) is 14.3. The number of carbonyl (C=O) groups is 2. The fourth-order valence-corrected chi connectivity index (χ4v) is 3.90. The Balaban J connectivity index is 1.85. The predicted octanol–water partition coefficient (Wildman–Crippen LogP) is 2.87. The summed E-state index contributed by atoms with van der Waals surface area (Å²) < 4.78 is 3.02. The molecule has 3 rings (SSSR count). The zero-order chi connectivity index (χ0) is 21.8. The van der Waals surface area contributed by atoms with E-state index in [0.29, 0.717) is 40.5 Å². The number of nitrogens with zero attached hydrogens (tertiary/aromatic N) is 2. The maximum Gasteiger partial charge on any atom is 0.332 e. The summed E-state index contributed by atoms with van der Waals surface area (Å²) in [4.78, 5) is 49.3. The van der Waals surface area contributed by atoms with Crippen LogP contribution in [0.25, 0.3) is 10.2 Å². The number of rotatable bonds is 7. The summed E-state index contributed by atoms with van der Waals surface area (Å²) in [6.45, 7) is 5.58. The molecule has 0 aliphatic rings. The molecule has 30 heavy (non-hydrogen) atoms. The number of amides is 2. The van der Waals surface area contributed by atoms with Crippen molar-refractivity contribution in [2.45, 2.75) is 40.3 Å². The van der Waals surface area contributed by atoms with E-state index in [-0.39, 0.29) is 23.9 Å². The zero-order valence-electron chi connectivity index (χ0n) is 17.1. The van der Waals surface area contributed by atoms with Crippen LogP contribution in [-0.2, 0) is 22.7 Å². The van der Waals surface area contributed by atoms with Crippen LogP contribution in [0.5, 0.6) is 0 Å². The van der Waals surface area contributed by atoms with Gasteiger partial charge in [0, 0.05) is 24.8 Å². The Kier molecular flexibility index (Phi) is 6.51. The average molecular weight is 429 g/mol. The third-order valence-electron chi connectivity index (χ3n) is 4.56. The molecule has 0 aliphatic heterocycles. The van der Waals surface area contributed by atoms with Crippen LogP contribution in [0.3, 0.4) is 0 Å². The van der Waals surface area contributed by atoms with Gasteiger partial charge in [0.1, 0.15) is 11.2 Å². The molecule has 9 heteroatoms. The van der Waals surface area contributed by atoms with E-state index in [4.69, 9.17) is 0 Å². The van der Waals surface area contributed by atoms with Crippen LogP contribution in [0.4, 0.5) is 11.4 Å². The van der Waals surface area contributed by atoms with E-state index in [1.54, 1.807) is 35.7 Å². The molecule has 0 aliphatic carbocycles. The first-order valence-electron chi connectivity index (χ1n) is 9.64. The smallest absolute Gasteiger partial charge is 0.326 e. The molecular formula is C21H24N4O4S. The molecule has 0 radical (unpaired) electrons. The molecule has 158 valence electrons. The molecule has 0 fully saturated rings. The number of carbonyl (C=O) groups excluding carboxylic acids is 2. The van der Waals surface area contributed by atoms with Crippen LogP contribution in [0.15, 0.2) is 45.3 Å². The number of hydrogen-bond acceptors (Lipinski definition) is 5. The fourth-order valence-electron chi connectivity index (χ4n) is 3.05. The summed E-state index contributed by atoms with van der Waals surface area (Å²) in [7, 11) is 0. The minimum absolute atomic E-state index is 0.182.